The summed E-state index contributed by atoms with van der Waals surface area (Å²) in [6.45, 7) is 7.73. The number of aliphatic imine (C=N–C) groups is 1. The Morgan fingerprint density at radius 3 is 2.58 bits per heavy atom. The average Bonchev–Trinajstić information content (AvgIpc) is 2.97. The van der Waals surface area contributed by atoms with Gasteiger partial charge in [-0.15, -0.1) is 11.8 Å². The van der Waals surface area contributed by atoms with E-state index in [9.17, 15) is 9.90 Å². The summed E-state index contributed by atoms with van der Waals surface area (Å²) in [7, 11) is 0. The van der Waals surface area contributed by atoms with Crippen molar-refractivity contribution in [1.82, 2.24) is 5.32 Å². The lowest BCUT2D eigenvalue weighted by molar-refractivity contribution is -0.138. The van der Waals surface area contributed by atoms with Gasteiger partial charge in [-0.3, -0.25) is 9.79 Å². The molecule has 0 aliphatic carbocycles. The number of aliphatic hydroxyl groups is 1. The van der Waals surface area contributed by atoms with Crippen molar-refractivity contribution in [2.75, 3.05) is 24.2 Å². The summed E-state index contributed by atoms with van der Waals surface area (Å²) in [4.78, 5) is 14.3. The standard InChI is InChI=1S/C12H21BrN2OS.C5H10O2/c13-6-2-1-3-10-9-17-11(15-10)12(16)4-7-14-8-5-12;1-5(2,3)7-4-6/h10,14,16H,1-9H2;4H,1-3H3. The van der Waals surface area contributed by atoms with E-state index in [1.165, 1.54) is 12.8 Å². The molecule has 0 aromatic carbocycles. The molecule has 1 atom stereocenters. The zero-order valence-electron chi connectivity index (χ0n) is 15.0. The highest BCUT2D eigenvalue weighted by Crippen LogP contribution is 2.32. The van der Waals surface area contributed by atoms with Gasteiger partial charge in [-0.25, -0.2) is 0 Å². The van der Waals surface area contributed by atoms with E-state index < -0.39 is 5.60 Å². The Balaban J connectivity index is 0.000000351. The normalized spacial score (nSPS) is 23.0. The largest absolute Gasteiger partial charge is 0.462 e. The monoisotopic (exact) mass is 422 g/mol. The number of thioether (sulfide) groups is 1. The molecule has 0 bridgehead atoms. The number of rotatable bonds is 6. The summed E-state index contributed by atoms with van der Waals surface area (Å²) in [6, 6.07) is 0.438. The molecule has 140 valence electrons. The van der Waals surface area contributed by atoms with Crippen LogP contribution in [0, 0.1) is 0 Å². The van der Waals surface area contributed by atoms with Crippen LogP contribution in [0.5, 0.6) is 0 Å². The van der Waals surface area contributed by atoms with Gasteiger partial charge in [0, 0.05) is 11.1 Å². The van der Waals surface area contributed by atoms with Crippen molar-refractivity contribution in [1.29, 1.82) is 0 Å². The molecule has 0 amide bonds. The number of ether oxygens (including phenoxy) is 1. The van der Waals surface area contributed by atoms with Crippen molar-refractivity contribution in [3.8, 4) is 0 Å². The quantitative estimate of drug-likeness (QED) is 0.390. The Morgan fingerprint density at radius 2 is 2.08 bits per heavy atom. The van der Waals surface area contributed by atoms with Crippen LogP contribution >= 0.6 is 27.7 Å². The molecule has 0 aromatic rings. The molecule has 0 spiro atoms. The zero-order chi connectivity index (χ0) is 18.1. The highest BCUT2D eigenvalue weighted by molar-refractivity contribution is 9.09. The summed E-state index contributed by atoms with van der Waals surface area (Å²) < 4.78 is 4.55. The zero-order valence-corrected chi connectivity index (χ0v) is 17.4. The first-order valence-electron chi connectivity index (χ1n) is 8.62. The number of piperidine rings is 1. The lowest BCUT2D eigenvalue weighted by Crippen LogP contribution is -2.46. The van der Waals surface area contributed by atoms with Gasteiger partial charge < -0.3 is 15.2 Å². The number of alkyl halides is 1. The number of unbranched alkanes of at least 4 members (excludes halogenated alkanes) is 1. The van der Waals surface area contributed by atoms with Crippen LogP contribution in [-0.2, 0) is 9.53 Å². The molecule has 2 heterocycles. The predicted molar refractivity (Wildman–Crippen MR) is 105 cm³/mol. The van der Waals surface area contributed by atoms with Gasteiger partial charge >= 0.3 is 0 Å². The second-order valence-corrected chi connectivity index (χ2v) is 8.99. The number of hydrogen-bond acceptors (Lipinski definition) is 6. The van der Waals surface area contributed by atoms with Gasteiger partial charge in [-0.05, 0) is 59.5 Å². The summed E-state index contributed by atoms with van der Waals surface area (Å²) in [5.41, 5.74) is -0.943. The van der Waals surface area contributed by atoms with Crippen molar-refractivity contribution in [3.63, 3.8) is 0 Å². The second-order valence-electron chi connectivity index (χ2n) is 7.19. The van der Waals surface area contributed by atoms with E-state index in [1.54, 1.807) is 11.8 Å². The molecule has 1 saturated heterocycles. The van der Waals surface area contributed by atoms with Crippen molar-refractivity contribution in [2.24, 2.45) is 4.99 Å². The average molecular weight is 423 g/mol. The molecule has 2 N–H and O–H groups in total. The SMILES string of the molecule is CC(C)(C)OC=O.OC1(C2=NC(CCCCBr)CS2)CCNCC1. The van der Waals surface area contributed by atoms with Crippen molar-refractivity contribution >= 4 is 39.2 Å². The summed E-state index contributed by atoms with van der Waals surface area (Å²) in [6.07, 6.45) is 5.24. The fourth-order valence-corrected chi connectivity index (χ4v) is 4.18. The summed E-state index contributed by atoms with van der Waals surface area (Å²) in [5.74, 6) is 1.06. The number of nitrogens with zero attached hydrogens (tertiary/aromatic N) is 1. The van der Waals surface area contributed by atoms with E-state index in [2.05, 4.69) is 26.0 Å². The topological polar surface area (TPSA) is 70.9 Å². The second kappa shape index (κ2) is 10.8. The first kappa shape index (κ1) is 21.9. The Bertz CT molecular complexity index is 407. The third-order valence-corrected chi connectivity index (χ3v) is 5.73. The van der Waals surface area contributed by atoms with Gasteiger partial charge in [0.05, 0.1) is 11.1 Å². The van der Waals surface area contributed by atoms with Crippen LogP contribution in [0.1, 0.15) is 52.9 Å². The van der Waals surface area contributed by atoms with E-state index in [1.807, 2.05) is 20.8 Å². The number of carbonyl (C=O) groups is 1. The third kappa shape index (κ3) is 8.32. The lowest BCUT2D eigenvalue weighted by atomic mass is 9.93. The number of nitrogens with one attached hydrogen (secondary N) is 1. The minimum atomic E-state index is -0.625. The Labute approximate surface area is 158 Å². The number of halogens is 1. The molecule has 1 fully saturated rings. The highest BCUT2D eigenvalue weighted by Gasteiger charge is 2.38. The first-order chi connectivity index (χ1) is 11.3. The first-order valence-corrected chi connectivity index (χ1v) is 10.7. The number of hydrogen-bond donors (Lipinski definition) is 2. The maximum atomic E-state index is 10.6. The molecular weight excluding hydrogens is 392 g/mol. The molecule has 0 aromatic heterocycles. The smallest absolute Gasteiger partial charge is 0.293 e. The molecule has 0 saturated carbocycles. The maximum Gasteiger partial charge on any atom is 0.293 e. The van der Waals surface area contributed by atoms with Crippen LogP contribution in [-0.4, -0.2) is 58.0 Å². The fraction of sp³-hybridized carbons (Fsp3) is 0.882. The third-order valence-electron chi connectivity index (χ3n) is 3.86. The van der Waals surface area contributed by atoms with Gasteiger partial charge in [0.25, 0.3) is 6.47 Å². The molecule has 0 radical (unpaired) electrons. The van der Waals surface area contributed by atoms with Crippen molar-refractivity contribution in [2.45, 2.75) is 70.1 Å². The van der Waals surface area contributed by atoms with E-state index in [-0.39, 0.29) is 5.60 Å². The van der Waals surface area contributed by atoms with Gasteiger partial charge in [0.1, 0.15) is 11.2 Å². The van der Waals surface area contributed by atoms with E-state index >= 15 is 0 Å². The van der Waals surface area contributed by atoms with E-state index in [0.717, 1.165) is 48.5 Å². The van der Waals surface area contributed by atoms with Crippen LogP contribution in [0.4, 0.5) is 0 Å². The van der Waals surface area contributed by atoms with Crippen LogP contribution in [0.15, 0.2) is 4.99 Å². The maximum absolute atomic E-state index is 10.6. The van der Waals surface area contributed by atoms with E-state index in [0.29, 0.717) is 12.5 Å². The van der Waals surface area contributed by atoms with Crippen LogP contribution in [0.3, 0.4) is 0 Å². The number of carbonyl (C=O) groups excluding carboxylic acids is 1. The fourth-order valence-electron chi connectivity index (χ4n) is 2.49. The lowest BCUT2D eigenvalue weighted by Gasteiger charge is -2.32. The van der Waals surface area contributed by atoms with Gasteiger partial charge in [0.15, 0.2) is 0 Å². The Kier molecular flexibility index (Phi) is 9.86. The molecule has 1 unspecified atom stereocenters. The molecular formula is C17H31BrN2O3S. The highest BCUT2D eigenvalue weighted by atomic mass is 79.9. The minimum Gasteiger partial charge on any atom is -0.462 e. The minimum absolute atomic E-state index is 0.318. The molecule has 2 aliphatic rings. The Hall–Kier alpha value is -0.110. The van der Waals surface area contributed by atoms with Crippen molar-refractivity contribution in [3.05, 3.63) is 0 Å². The Morgan fingerprint density at radius 1 is 1.42 bits per heavy atom. The van der Waals surface area contributed by atoms with Crippen LogP contribution in [0.2, 0.25) is 0 Å². The van der Waals surface area contributed by atoms with Gasteiger partial charge in [-0.2, -0.15) is 0 Å². The molecule has 5 nitrogen and oxygen atoms in total. The summed E-state index contributed by atoms with van der Waals surface area (Å²) >= 11 is 5.23. The molecule has 2 aliphatic heterocycles. The molecule has 7 heteroatoms. The van der Waals surface area contributed by atoms with Crippen molar-refractivity contribution < 1.29 is 14.6 Å². The summed E-state index contributed by atoms with van der Waals surface area (Å²) in [5, 5.41) is 15.9. The molecule has 24 heavy (non-hydrogen) atoms. The van der Waals surface area contributed by atoms with Gasteiger partial charge in [0.2, 0.25) is 0 Å². The van der Waals surface area contributed by atoms with Crippen LogP contribution in [0.25, 0.3) is 0 Å². The van der Waals surface area contributed by atoms with Gasteiger partial charge in [-0.1, -0.05) is 22.4 Å². The van der Waals surface area contributed by atoms with Crippen LogP contribution < -0.4 is 5.32 Å². The predicted octanol–water partition coefficient (Wildman–Crippen LogP) is 3.14. The molecule has 2 rings (SSSR count). The van der Waals surface area contributed by atoms with E-state index in [4.69, 9.17) is 4.99 Å².